The van der Waals surface area contributed by atoms with Crippen LogP contribution in [0.15, 0.2) is 48.5 Å². The lowest BCUT2D eigenvalue weighted by Crippen LogP contribution is -2.08. The van der Waals surface area contributed by atoms with Crippen molar-refractivity contribution in [3.8, 4) is 5.88 Å². The second-order valence-electron chi connectivity index (χ2n) is 5.62. The van der Waals surface area contributed by atoms with E-state index in [1.165, 1.54) is 0 Å². The topological polar surface area (TPSA) is 44.1 Å². The zero-order valence-corrected chi connectivity index (χ0v) is 15.3. The van der Waals surface area contributed by atoms with Crippen molar-refractivity contribution < 1.29 is 9.53 Å². The van der Waals surface area contributed by atoms with Gasteiger partial charge in [-0.1, -0.05) is 53.5 Å². The Balaban J connectivity index is 1.94. The third kappa shape index (κ3) is 3.70. The molecule has 0 spiro atoms. The number of aromatic nitrogens is 2. The van der Waals surface area contributed by atoms with Gasteiger partial charge in [-0.15, -0.1) is 0 Å². The van der Waals surface area contributed by atoms with Gasteiger partial charge >= 0.3 is 0 Å². The van der Waals surface area contributed by atoms with Crippen molar-refractivity contribution in [3.05, 3.63) is 81.0 Å². The summed E-state index contributed by atoms with van der Waals surface area (Å²) < 4.78 is 7.46. The van der Waals surface area contributed by atoms with Crippen LogP contribution in [0.3, 0.4) is 0 Å². The Labute approximate surface area is 155 Å². The summed E-state index contributed by atoms with van der Waals surface area (Å²) in [6.07, 6.45) is 0. The van der Waals surface area contributed by atoms with E-state index in [0.717, 1.165) is 5.56 Å². The molecule has 0 saturated carbocycles. The smallest absolute Gasteiger partial charge is 0.223 e. The van der Waals surface area contributed by atoms with E-state index in [0.29, 0.717) is 39.4 Å². The number of benzene rings is 2. The number of ketones is 1. The van der Waals surface area contributed by atoms with Crippen LogP contribution in [0.5, 0.6) is 5.88 Å². The molecule has 6 heteroatoms. The Morgan fingerprint density at radius 3 is 2.56 bits per heavy atom. The van der Waals surface area contributed by atoms with Crippen molar-refractivity contribution in [3.63, 3.8) is 0 Å². The Kier molecular flexibility index (Phi) is 5.11. The molecule has 0 N–H and O–H groups in total. The lowest BCUT2D eigenvalue weighted by atomic mass is 10.0. The maximum Gasteiger partial charge on any atom is 0.223 e. The van der Waals surface area contributed by atoms with Gasteiger partial charge in [0.2, 0.25) is 11.7 Å². The molecule has 3 aromatic rings. The van der Waals surface area contributed by atoms with Gasteiger partial charge in [0.1, 0.15) is 12.2 Å². The van der Waals surface area contributed by atoms with Crippen LogP contribution in [0.2, 0.25) is 10.0 Å². The largest absolute Gasteiger partial charge is 0.472 e. The van der Waals surface area contributed by atoms with Gasteiger partial charge in [0.15, 0.2) is 0 Å². The Bertz CT molecular complexity index is 921. The second kappa shape index (κ2) is 7.30. The fourth-order valence-electron chi connectivity index (χ4n) is 2.60. The minimum atomic E-state index is -0.240. The lowest BCUT2D eigenvalue weighted by Gasteiger charge is -2.10. The van der Waals surface area contributed by atoms with Gasteiger partial charge in [0.05, 0.1) is 10.7 Å². The molecule has 0 saturated heterocycles. The van der Waals surface area contributed by atoms with E-state index in [4.69, 9.17) is 27.9 Å². The molecule has 0 amide bonds. The van der Waals surface area contributed by atoms with Crippen molar-refractivity contribution in [2.24, 2.45) is 7.05 Å². The first kappa shape index (κ1) is 17.5. The molecule has 0 aliphatic rings. The van der Waals surface area contributed by atoms with E-state index in [9.17, 15) is 4.79 Å². The summed E-state index contributed by atoms with van der Waals surface area (Å²) in [6.45, 7) is 2.11. The molecule has 0 aliphatic heterocycles. The number of carbonyl (C=O) groups excluding carboxylic acids is 1. The molecule has 3 rings (SSSR count). The number of ether oxygens (including phenoxy) is 1. The zero-order chi connectivity index (χ0) is 18.0. The van der Waals surface area contributed by atoms with Gasteiger partial charge in [0.25, 0.3) is 0 Å². The summed E-state index contributed by atoms with van der Waals surface area (Å²) in [4.78, 5) is 13.0. The van der Waals surface area contributed by atoms with Gasteiger partial charge < -0.3 is 4.74 Å². The van der Waals surface area contributed by atoms with Crippen LogP contribution in [0.25, 0.3) is 0 Å². The molecule has 0 bridgehead atoms. The number of aryl methyl sites for hydroxylation is 2. The van der Waals surface area contributed by atoms with Crippen molar-refractivity contribution in [2.45, 2.75) is 13.5 Å². The average Bonchev–Trinajstić information content (AvgIpc) is 2.87. The highest BCUT2D eigenvalue weighted by atomic mass is 35.5. The van der Waals surface area contributed by atoms with E-state index in [1.54, 1.807) is 36.9 Å². The van der Waals surface area contributed by atoms with Gasteiger partial charge in [-0.05, 0) is 30.7 Å². The molecule has 4 nitrogen and oxygen atoms in total. The van der Waals surface area contributed by atoms with Crippen molar-refractivity contribution in [1.29, 1.82) is 0 Å². The van der Waals surface area contributed by atoms with Crippen LogP contribution < -0.4 is 4.74 Å². The first-order valence-corrected chi connectivity index (χ1v) is 8.43. The third-order valence-corrected chi connectivity index (χ3v) is 4.34. The summed E-state index contributed by atoms with van der Waals surface area (Å²) in [6, 6.07) is 14.5. The maximum absolute atomic E-state index is 13.0. The predicted octanol–water partition coefficient (Wildman–Crippen LogP) is 4.85. The molecular formula is C19H16Cl2N2O2. The third-order valence-electron chi connectivity index (χ3n) is 3.79. The summed E-state index contributed by atoms with van der Waals surface area (Å²) in [5.74, 6) is 0.174. The van der Waals surface area contributed by atoms with Crippen LogP contribution in [0.4, 0.5) is 0 Å². The molecule has 1 heterocycles. The normalized spacial score (nSPS) is 10.7. The standard InChI is InChI=1S/C19H16Cl2N2O2/c1-12-17(18(24)15-9-8-14(20)10-16(15)21)19(23(2)22-12)25-11-13-6-4-3-5-7-13/h3-10H,11H2,1-2H3. The Morgan fingerprint density at radius 2 is 1.88 bits per heavy atom. The highest BCUT2D eigenvalue weighted by Gasteiger charge is 2.24. The molecule has 25 heavy (non-hydrogen) atoms. The summed E-state index contributed by atoms with van der Waals surface area (Å²) in [7, 11) is 1.74. The Morgan fingerprint density at radius 1 is 1.16 bits per heavy atom. The fourth-order valence-corrected chi connectivity index (χ4v) is 3.09. The molecule has 2 aromatic carbocycles. The van der Waals surface area contributed by atoms with Gasteiger partial charge in [0, 0.05) is 17.6 Å². The highest BCUT2D eigenvalue weighted by Crippen LogP contribution is 2.29. The number of nitrogens with zero attached hydrogens (tertiary/aromatic N) is 2. The van der Waals surface area contributed by atoms with Crippen molar-refractivity contribution in [1.82, 2.24) is 9.78 Å². The highest BCUT2D eigenvalue weighted by molar-refractivity contribution is 6.37. The average molecular weight is 375 g/mol. The van der Waals surface area contributed by atoms with E-state index in [1.807, 2.05) is 30.3 Å². The van der Waals surface area contributed by atoms with Gasteiger partial charge in [-0.2, -0.15) is 5.10 Å². The minimum absolute atomic E-state index is 0.240. The molecule has 0 aliphatic carbocycles. The fraction of sp³-hybridized carbons (Fsp3) is 0.158. The van der Waals surface area contributed by atoms with Crippen LogP contribution in [-0.4, -0.2) is 15.6 Å². The number of hydrogen-bond acceptors (Lipinski definition) is 3. The maximum atomic E-state index is 13.0. The molecular weight excluding hydrogens is 359 g/mol. The second-order valence-corrected chi connectivity index (χ2v) is 6.46. The first-order chi connectivity index (χ1) is 12.0. The molecule has 0 unspecified atom stereocenters. The van der Waals surface area contributed by atoms with Crippen LogP contribution >= 0.6 is 23.2 Å². The van der Waals surface area contributed by atoms with Crippen LogP contribution in [-0.2, 0) is 13.7 Å². The Hall–Kier alpha value is -2.30. The van der Waals surface area contributed by atoms with Crippen LogP contribution in [0.1, 0.15) is 27.2 Å². The summed E-state index contributed by atoms with van der Waals surface area (Å²) >= 11 is 12.1. The van der Waals surface area contributed by atoms with Gasteiger partial charge in [-0.3, -0.25) is 4.79 Å². The van der Waals surface area contributed by atoms with Crippen LogP contribution in [0, 0.1) is 6.92 Å². The SMILES string of the molecule is Cc1nn(C)c(OCc2ccccc2)c1C(=O)c1ccc(Cl)cc1Cl. The zero-order valence-electron chi connectivity index (χ0n) is 13.8. The van der Waals surface area contributed by atoms with Gasteiger partial charge in [-0.25, -0.2) is 4.68 Å². The number of carbonyl (C=O) groups is 1. The van der Waals surface area contributed by atoms with E-state index in [-0.39, 0.29) is 5.78 Å². The molecule has 1 aromatic heterocycles. The van der Waals surface area contributed by atoms with Crippen molar-refractivity contribution >= 4 is 29.0 Å². The van der Waals surface area contributed by atoms with E-state index in [2.05, 4.69) is 5.10 Å². The number of rotatable bonds is 5. The molecule has 0 fully saturated rings. The molecule has 0 atom stereocenters. The summed E-state index contributed by atoms with van der Waals surface area (Å²) in [5, 5.41) is 5.10. The first-order valence-electron chi connectivity index (χ1n) is 7.67. The van der Waals surface area contributed by atoms with E-state index >= 15 is 0 Å². The monoisotopic (exact) mass is 374 g/mol. The summed E-state index contributed by atoms with van der Waals surface area (Å²) in [5.41, 5.74) is 2.36. The van der Waals surface area contributed by atoms with Crippen molar-refractivity contribution in [2.75, 3.05) is 0 Å². The number of hydrogen-bond donors (Lipinski definition) is 0. The quantitative estimate of drug-likeness (QED) is 0.599. The number of halogens is 2. The molecule has 128 valence electrons. The molecule has 0 radical (unpaired) electrons. The minimum Gasteiger partial charge on any atom is -0.472 e. The van der Waals surface area contributed by atoms with E-state index < -0.39 is 0 Å². The predicted molar refractivity (Wildman–Crippen MR) is 98.6 cm³/mol. The lowest BCUT2D eigenvalue weighted by molar-refractivity contribution is 0.103.